The largest absolute Gasteiger partial charge is 0.394 e. The van der Waals surface area contributed by atoms with Gasteiger partial charge in [0.15, 0.2) is 12.6 Å². The molecule has 2 heterocycles. The van der Waals surface area contributed by atoms with Crippen molar-refractivity contribution in [1.82, 2.24) is 0 Å². The van der Waals surface area contributed by atoms with E-state index < -0.39 is 74.6 Å². The molecular weight excluding hydrogens is 360 g/mol. The molecule has 8 N–H and O–H groups in total. The molecule has 0 aliphatic carbocycles. The highest BCUT2D eigenvalue weighted by atomic mass is 16.7. The molecule has 0 amide bonds. The van der Waals surface area contributed by atoms with Gasteiger partial charge in [0.05, 0.1) is 13.2 Å². The van der Waals surface area contributed by atoms with Crippen molar-refractivity contribution in [3.8, 4) is 0 Å². The SMILES string of the molecule is CO[C@H]1C(O)O[C@@H]([C@H](O)CO)[C@@H]1O.CO[C@H]1C(O)O[C@H](CO)[C@H](O)[C@@H]1O. The van der Waals surface area contributed by atoms with E-state index in [0.29, 0.717) is 0 Å². The summed E-state index contributed by atoms with van der Waals surface area (Å²) < 4.78 is 19.0. The molecule has 156 valence electrons. The summed E-state index contributed by atoms with van der Waals surface area (Å²) in [6.45, 7) is -1.00. The standard InChI is InChI=1S/2C7H14O6/c1-12-6-4(10)5(3(9)2-8)13-7(6)11;1-12-6-5(10)4(9)3(2-8)13-7(6)11/h2*3-11H,2H2,1H3/t2*3-,4+,5+,6-,7?/m11/s1. The normalized spacial score (nSPS) is 44.3. The van der Waals surface area contributed by atoms with Gasteiger partial charge in [-0.1, -0.05) is 0 Å². The van der Waals surface area contributed by atoms with Gasteiger partial charge in [-0.25, -0.2) is 0 Å². The Morgan fingerprint density at radius 1 is 0.808 bits per heavy atom. The summed E-state index contributed by atoms with van der Waals surface area (Å²) in [7, 11) is 2.60. The number of hydrogen-bond donors (Lipinski definition) is 8. The number of hydrogen-bond acceptors (Lipinski definition) is 12. The highest BCUT2D eigenvalue weighted by molar-refractivity contribution is 4.91. The lowest BCUT2D eigenvalue weighted by molar-refractivity contribution is -0.291. The molecule has 2 fully saturated rings. The lowest BCUT2D eigenvalue weighted by atomic mass is 9.99. The van der Waals surface area contributed by atoms with Gasteiger partial charge in [-0.15, -0.1) is 0 Å². The van der Waals surface area contributed by atoms with Gasteiger partial charge in [0.25, 0.3) is 0 Å². The van der Waals surface area contributed by atoms with Crippen molar-refractivity contribution in [1.29, 1.82) is 0 Å². The molecule has 0 radical (unpaired) electrons. The van der Waals surface area contributed by atoms with Crippen LogP contribution in [0.1, 0.15) is 0 Å². The van der Waals surface area contributed by atoms with Crippen molar-refractivity contribution < 1.29 is 59.8 Å². The van der Waals surface area contributed by atoms with E-state index in [0.717, 1.165) is 0 Å². The molecule has 2 aliphatic rings. The van der Waals surface area contributed by atoms with Crippen molar-refractivity contribution in [2.24, 2.45) is 0 Å². The zero-order valence-corrected chi connectivity index (χ0v) is 14.4. The van der Waals surface area contributed by atoms with E-state index in [9.17, 15) is 25.5 Å². The van der Waals surface area contributed by atoms with Crippen molar-refractivity contribution in [3.05, 3.63) is 0 Å². The topological polar surface area (TPSA) is 199 Å². The number of methoxy groups -OCH3 is 2. The zero-order chi connectivity index (χ0) is 20.0. The number of aliphatic hydroxyl groups excluding tert-OH is 8. The van der Waals surface area contributed by atoms with Crippen LogP contribution in [-0.4, -0.2) is 130 Å². The summed E-state index contributed by atoms with van der Waals surface area (Å²) in [5, 5.41) is 73.0. The monoisotopic (exact) mass is 388 g/mol. The lowest BCUT2D eigenvalue weighted by Gasteiger charge is -2.39. The first-order valence-corrected chi connectivity index (χ1v) is 7.90. The van der Waals surface area contributed by atoms with Crippen LogP contribution in [0.4, 0.5) is 0 Å². The molecule has 2 unspecified atom stereocenters. The van der Waals surface area contributed by atoms with Gasteiger partial charge in [-0.05, 0) is 0 Å². The van der Waals surface area contributed by atoms with Crippen LogP contribution < -0.4 is 0 Å². The molecule has 0 spiro atoms. The van der Waals surface area contributed by atoms with Crippen LogP contribution in [-0.2, 0) is 18.9 Å². The summed E-state index contributed by atoms with van der Waals surface area (Å²) in [6, 6.07) is 0. The molecular formula is C14H28O12. The van der Waals surface area contributed by atoms with Crippen molar-refractivity contribution in [2.45, 2.75) is 61.4 Å². The predicted molar refractivity (Wildman–Crippen MR) is 81.6 cm³/mol. The van der Waals surface area contributed by atoms with Gasteiger partial charge in [0.2, 0.25) is 0 Å². The Labute approximate surface area is 149 Å². The maximum Gasteiger partial charge on any atom is 0.184 e. The third kappa shape index (κ3) is 5.28. The fourth-order valence-corrected chi connectivity index (χ4v) is 2.68. The fraction of sp³-hybridized carbons (Fsp3) is 1.00. The summed E-state index contributed by atoms with van der Waals surface area (Å²) in [5.74, 6) is 0. The van der Waals surface area contributed by atoms with Gasteiger partial charge in [-0.3, -0.25) is 0 Å². The van der Waals surface area contributed by atoms with Crippen LogP contribution in [0.25, 0.3) is 0 Å². The molecule has 2 rings (SSSR count). The molecule has 0 aromatic heterocycles. The summed E-state index contributed by atoms with van der Waals surface area (Å²) in [5.41, 5.74) is 0. The first-order chi connectivity index (χ1) is 12.2. The van der Waals surface area contributed by atoms with Crippen LogP contribution >= 0.6 is 0 Å². The Hall–Kier alpha value is -0.480. The Balaban J connectivity index is 0.000000260. The molecule has 0 aromatic rings. The van der Waals surface area contributed by atoms with Crippen molar-refractivity contribution in [3.63, 3.8) is 0 Å². The van der Waals surface area contributed by atoms with E-state index in [4.69, 9.17) is 34.3 Å². The Bertz CT molecular complexity index is 398. The fourth-order valence-electron chi connectivity index (χ4n) is 2.68. The molecule has 0 aromatic carbocycles. The van der Waals surface area contributed by atoms with Crippen LogP contribution in [0.2, 0.25) is 0 Å². The summed E-state index contributed by atoms with van der Waals surface area (Å²) in [6.07, 6.45) is -11.3. The van der Waals surface area contributed by atoms with E-state index >= 15 is 0 Å². The maximum absolute atomic E-state index is 9.44. The minimum Gasteiger partial charge on any atom is -0.394 e. The lowest BCUT2D eigenvalue weighted by Crippen LogP contribution is -2.59. The van der Waals surface area contributed by atoms with Crippen molar-refractivity contribution in [2.75, 3.05) is 27.4 Å². The average Bonchev–Trinajstić information content (AvgIpc) is 2.92. The minimum atomic E-state index is -1.33. The second-order valence-electron chi connectivity index (χ2n) is 5.86. The molecule has 0 saturated carbocycles. The molecule has 0 bridgehead atoms. The molecule has 12 heteroatoms. The molecule has 12 nitrogen and oxygen atoms in total. The highest BCUT2D eigenvalue weighted by Gasteiger charge is 2.46. The second kappa shape index (κ2) is 10.8. The second-order valence-corrected chi connectivity index (χ2v) is 5.86. The van der Waals surface area contributed by atoms with E-state index in [-0.39, 0.29) is 0 Å². The van der Waals surface area contributed by atoms with Gasteiger partial charge in [-0.2, -0.15) is 0 Å². The van der Waals surface area contributed by atoms with Crippen LogP contribution in [0, 0.1) is 0 Å². The predicted octanol–water partition coefficient (Wildman–Crippen LogP) is -5.13. The van der Waals surface area contributed by atoms with Crippen molar-refractivity contribution >= 4 is 0 Å². The Kier molecular flexibility index (Phi) is 9.74. The molecule has 2 aliphatic heterocycles. The molecule has 10 atom stereocenters. The number of ether oxygens (including phenoxy) is 4. The van der Waals surface area contributed by atoms with Gasteiger partial charge < -0.3 is 59.8 Å². The Morgan fingerprint density at radius 3 is 1.73 bits per heavy atom. The smallest absolute Gasteiger partial charge is 0.184 e. The van der Waals surface area contributed by atoms with Crippen LogP contribution in [0.3, 0.4) is 0 Å². The van der Waals surface area contributed by atoms with Gasteiger partial charge in [0.1, 0.15) is 48.8 Å². The summed E-state index contributed by atoms with van der Waals surface area (Å²) >= 11 is 0. The number of rotatable bonds is 5. The Morgan fingerprint density at radius 2 is 1.31 bits per heavy atom. The van der Waals surface area contributed by atoms with Gasteiger partial charge in [0, 0.05) is 14.2 Å². The maximum atomic E-state index is 9.44. The van der Waals surface area contributed by atoms with Gasteiger partial charge >= 0.3 is 0 Å². The molecule has 26 heavy (non-hydrogen) atoms. The first-order valence-electron chi connectivity index (χ1n) is 7.90. The average molecular weight is 388 g/mol. The van der Waals surface area contributed by atoms with E-state index in [1.165, 1.54) is 14.2 Å². The highest BCUT2D eigenvalue weighted by Crippen LogP contribution is 2.24. The molecule has 2 saturated heterocycles. The summed E-state index contributed by atoms with van der Waals surface area (Å²) in [4.78, 5) is 0. The number of aliphatic hydroxyl groups is 8. The first kappa shape index (κ1) is 23.6. The van der Waals surface area contributed by atoms with Crippen LogP contribution in [0.15, 0.2) is 0 Å². The third-order valence-electron chi connectivity index (χ3n) is 4.20. The van der Waals surface area contributed by atoms with E-state index in [1.807, 2.05) is 0 Å². The van der Waals surface area contributed by atoms with Crippen LogP contribution in [0.5, 0.6) is 0 Å². The third-order valence-corrected chi connectivity index (χ3v) is 4.20. The van der Waals surface area contributed by atoms with E-state index in [2.05, 4.69) is 0 Å². The minimum absolute atomic E-state index is 0.467. The zero-order valence-electron chi connectivity index (χ0n) is 14.4. The quantitative estimate of drug-likeness (QED) is 0.223. The van der Waals surface area contributed by atoms with E-state index in [1.54, 1.807) is 0 Å².